The van der Waals surface area contributed by atoms with Crippen molar-refractivity contribution in [1.82, 2.24) is 10.3 Å². The Balaban J connectivity index is 2.22. The highest BCUT2D eigenvalue weighted by atomic mass is 14.8. The van der Waals surface area contributed by atoms with Crippen molar-refractivity contribution in [3.05, 3.63) is 29.6 Å². The summed E-state index contributed by atoms with van der Waals surface area (Å²) in [6.45, 7) is 7.86. The first-order valence-electron chi connectivity index (χ1n) is 6.06. The van der Waals surface area contributed by atoms with Crippen LogP contribution in [0, 0.1) is 23.7 Å². The molecular weight excluding hydrogens is 210 g/mol. The maximum atomic E-state index is 8.89. The summed E-state index contributed by atoms with van der Waals surface area (Å²) in [5.74, 6) is 0. The van der Waals surface area contributed by atoms with Gasteiger partial charge in [-0.15, -0.1) is 0 Å². The molecule has 1 rings (SSSR count). The van der Waals surface area contributed by atoms with E-state index >= 15 is 0 Å². The number of hydrogen-bond acceptors (Lipinski definition) is 3. The molecule has 0 amide bonds. The van der Waals surface area contributed by atoms with E-state index in [2.05, 4.69) is 23.3 Å². The van der Waals surface area contributed by atoms with Crippen molar-refractivity contribution < 1.29 is 0 Å². The third kappa shape index (κ3) is 4.97. The summed E-state index contributed by atoms with van der Waals surface area (Å²) in [6.07, 6.45) is 5.68. The Hall–Kier alpha value is -1.40. The van der Waals surface area contributed by atoms with Gasteiger partial charge in [-0.05, 0) is 57.4 Å². The van der Waals surface area contributed by atoms with Gasteiger partial charge < -0.3 is 5.32 Å². The summed E-state index contributed by atoms with van der Waals surface area (Å²) in [4.78, 5) is 4.11. The van der Waals surface area contributed by atoms with E-state index in [1.165, 1.54) is 11.1 Å². The average Bonchev–Trinajstić information content (AvgIpc) is 2.31. The van der Waals surface area contributed by atoms with Gasteiger partial charge in [-0.1, -0.05) is 0 Å². The van der Waals surface area contributed by atoms with Crippen LogP contribution < -0.4 is 5.32 Å². The van der Waals surface area contributed by atoms with E-state index in [0.29, 0.717) is 0 Å². The molecular formula is C14H21N3. The normalized spacial score (nSPS) is 11.2. The van der Waals surface area contributed by atoms with Crippen molar-refractivity contribution in [3.63, 3.8) is 0 Å². The molecule has 3 heteroatoms. The fourth-order valence-corrected chi connectivity index (χ4v) is 1.62. The van der Waals surface area contributed by atoms with E-state index in [1.54, 1.807) is 0 Å². The highest BCUT2D eigenvalue weighted by Crippen LogP contribution is 2.19. The van der Waals surface area contributed by atoms with Gasteiger partial charge >= 0.3 is 0 Å². The Morgan fingerprint density at radius 2 is 2.24 bits per heavy atom. The van der Waals surface area contributed by atoms with Crippen LogP contribution in [0.4, 0.5) is 0 Å². The third-order valence-electron chi connectivity index (χ3n) is 2.92. The van der Waals surface area contributed by atoms with Gasteiger partial charge in [-0.2, -0.15) is 5.26 Å². The molecule has 1 N–H and O–H groups in total. The van der Waals surface area contributed by atoms with Crippen molar-refractivity contribution in [2.45, 2.75) is 40.2 Å². The molecule has 0 saturated carbocycles. The maximum Gasteiger partial charge on any atom is 0.0683 e. The lowest BCUT2D eigenvalue weighted by Crippen LogP contribution is -2.18. The molecule has 0 radical (unpaired) electrons. The fourth-order valence-electron chi connectivity index (χ4n) is 1.62. The Labute approximate surface area is 104 Å². The van der Waals surface area contributed by atoms with Crippen molar-refractivity contribution >= 4 is 0 Å². The van der Waals surface area contributed by atoms with Crippen molar-refractivity contribution in [2.24, 2.45) is 5.41 Å². The van der Waals surface area contributed by atoms with Crippen LogP contribution in [0.25, 0.3) is 0 Å². The predicted octanol–water partition coefficient (Wildman–Crippen LogP) is 2.81. The lowest BCUT2D eigenvalue weighted by molar-refractivity contribution is 0.425. The van der Waals surface area contributed by atoms with Crippen LogP contribution in [0.2, 0.25) is 0 Å². The van der Waals surface area contributed by atoms with Gasteiger partial charge in [0.05, 0.1) is 11.5 Å². The quantitative estimate of drug-likeness (QED) is 0.766. The molecule has 0 spiro atoms. The molecule has 0 aromatic carbocycles. The second-order valence-corrected chi connectivity index (χ2v) is 5.08. The van der Waals surface area contributed by atoms with Gasteiger partial charge in [-0.3, -0.25) is 4.98 Å². The lowest BCUT2D eigenvalue weighted by atomic mass is 9.90. The van der Waals surface area contributed by atoms with E-state index in [4.69, 9.17) is 5.26 Å². The molecule has 0 saturated heterocycles. The summed E-state index contributed by atoms with van der Waals surface area (Å²) in [5.41, 5.74) is 2.31. The van der Waals surface area contributed by atoms with Crippen LogP contribution in [-0.4, -0.2) is 11.5 Å². The van der Waals surface area contributed by atoms with Gasteiger partial charge in [0, 0.05) is 18.9 Å². The lowest BCUT2D eigenvalue weighted by Gasteiger charge is -2.14. The molecule has 1 aromatic heterocycles. The van der Waals surface area contributed by atoms with Crippen LogP contribution in [0.3, 0.4) is 0 Å². The van der Waals surface area contributed by atoms with Crippen LogP contribution in [0.1, 0.15) is 37.8 Å². The highest BCUT2D eigenvalue weighted by molar-refractivity contribution is 5.20. The Kier molecular flexibility index (Phi) is 5.11. The van der Waals surface area contributed by atoms with Crippen LogP contribution in [0.15, 0.2) is 18.5 Å². The molecule has 1 aromatic rings. The highest BCUT2D eigenvalue weighted by Gasteiger charge is 2.15. The zero-order valence-electron chi connectivity index (χ0n) is 11.0. The predicted molar refractivity (Wildman–Crippen MR) is 69.3 cm³/mol. The second kappa shape index (κ2) is 6.36. The zero-order chi connectivity index (χ0) is 12.7. The smallest absolute Gasteiger partial charge is 0.0683 e. The minimum absolute atomic E-state index is 0.202. The second-order valence-electron chi connectivity index (χ2n) is 5.08. The first-order chi connectivity index (χ1) is 8.05. The van der Waals surface area contributed by atoms with Crippen molar-refractivity contribution in [2.75, 3.05) is 6.54 Å². The molecule has 0 bridgehead atoms. The molecule has 0 unspecified atom stereocenters. The summed E-state index contributed by atoms with van der Waals surface area (Å²) >= 11 is 0. The van der Waals surface area contributed by atoms with Gasteiger partial charge in [0.15, 0.2) is 0 Å². The topological polar surface area (TPSA) is 48.7 Å². The first-order valence-corrected chi connectivity index (χ1v) is 6.06. The fraction of sp³-hybridized carbons (Fsp3) is 0.571. The number of rotatable bonds is 6. The average molecular weight is 231 g/mol. The minimum Gasteiger partial charge on any atom is -0.313 e. The molecule has 0 fully saturated rings. The van der Waals surface area contributed by atoms with Crippen molar-refractivity contribution in [1.29, 1.82) is 5.26 Å². The Morgan fingerprint density at radius 1 is 1.47 bits per heavy atom. The molecule has 0 aliphatic rings. The van der Waals surface area contributed by atoms with Gasteiger partial charge in [0.2, 0.25) is 0 Å². The van der Waals surface area contributed by atoms with Crippen LogP contribution >= 0.6 is 0 Å². The van der Waals surface area contributed by atoms with Crippen LogP contribution in [-0.2, 0) is 6.54 Å². The maximum absolute atomic E-state index is 8.89. The Morgan fingerprint density at radius 3 is 2.88 bits per heavy atom. The number of pyridine rings is 1. The van der Waals surface area contributed by atoms with Crippen LogP contribution in [0.5, 0.6) is 0 Å². The largest absolute Gasteiger partial charge is 0.313 e. The molecule has 17 heavy (non-hydrogen) atoms. The van der Waals surface area contributed by atoms with Gasteiger partial charge in [0.25, 0.3) is 0 Å². The standard InChI is InChI=1S/C14H21N3/c1-12-5-8-17-10-13(12)9-16-7-4-6-14(2,3)11-15/h5,8,10,16H,4,6-7,9H2,1-3H3. The number of aryl methyl sites for hydroxylation is 1. The van der Waals surface area contributed by atoms with Gasteiger partial charge in [-0.25, -0.2) is 0 Å². The van der Waals surface area contributed by atoms with E-state index in [0.717, 1.165) is 25.9 Å². The van der Waals surface area contributed by atoms with E-state index in [-0.39, 0.29) is 5.41 Å². The number of nitriles is 1. The first kappa shape index (κ1) is 13.7. The zero-order valence-corrected chi connectivity index (χ0v) is 11.0. The summed E-state index contributed by atoms with van der Waals surface area (Å²) < 4.78 is 0. The van der Waals surface area contributed by atoms with E-state index in [9.17, 15) is 0 Å². The molecule has 1 heterocycles. The molecule has 0 atom stereocenters. The molecule has 3 nitrogen and oxygen atoms in total. The summed E-state index contributed by atoms with van der Waals surface area (Å²) in [5, 5.41) is 12.3. The summed E-state index contributed by atoms with van der Waals surface area (Å²) in [7, 11) is 0. The minimum atomic E-state index is -0.202. The number of nitrogens with one attached hydrogen (secondary N) is 1. The number of hydrogen-bond donors (Lipinski definition) is 1. The molecule has 0 aliphatic carbocycles. The molecule has 0 aliphatic heterocycles. The van der Waals surface area contributed by atoms with E-state index in [1.807, 2.05) is 32.3 Å². The van der Waals surface area contributed by atoms with Gasteiger partial charge in [0.1, 0.15) is 0 Å². The molecule has 92 valence electrons. The van der Waals surface area contributed by atoms with Crippen molar-refractivity contribution in [3.8, 4) is 6.07 Å². The number of nitrogens with zero attached hydrogens (tertiary/aromatic N) is 2. The summed E-state index contributed by atoms with van der Waals surface area (Å²) in [6, 6.07) is 4.34. The monoisotopic (exact) mass is 231 g/mol. The third-order valence-corrected chi connectivity index (χ3v) is 2.92. The SMILES string of the molecule is Cc1ccncc1CNCCCC(C)(C)C#N. The Bertz CT molecular complexity index is 391. The van der Waals surface area contributed by atoms with E-state index < -0.39 is 0 Å². The number of aromatic nitrogens is 1.